The van der Waals surface area contributed by atoms with Gasteiger partial charge in [0.2, 0.25) is 0 Å². The first kappa shape index (κ1) is 13.9. The second kappa shape index (κ2) is 5.72. The first-order valence-electron chi connectivity index (χ1n) is 5.82. The van der Waals surface area contributed by atoms with Gasteiger partial charge in [0.1, 0.15) is 0 Å². The van der Waals surface area contributed by atoms with Crippen LogP contribution < -0.4 is 5.73 Å². The van der Waals surface area contributed by atoms with Crippen molar-refractivity contribution in [2.75, 3.05) is 13.6 Å². The van der Waals surface area contributed by atoms with E-state index in [2.05, 4.69) is 46.6 Å². The maximum absolute atomic E-state index is 6.14. The highest BCUT2D eigenvalue weighted by atomic mass is 15.2. The van der Waals surface area contributed by atoms with Gasteiger partial charge in [0, 0.05) is 18.1 Å². The van der Waals surface area contributed by atoms with Gasteiger partial charge in [-0.15, -0.1) is 0 Å². The lowest BCUT2D eigenvalue weighted by Gasteiger charge is -2.37. The second-order valence-electron chi connectivity index (χ2n) is 5.10. The van der Waals surface area contributed by atoms with Crippen molar-refractivity contribution in [3.8, 4) is 0 Å². The molecule has 2 N–H and O–H groups in total. The van der Waals surface area contributed by atoms with Crippen molar-refractivity contribution in [3.63, 3.8) is 0 Å². The molecule has 0 heterocycles. The average molecular weight is 200 g/mol. The van der Waals surface area contributed by atoms with E-state index in [1.54, 1.807) is 0 Å². The highest BCUT2D eigenvalue weighted by molar-refractivity contribution is 4.81. The Morgan fingerprint density at radius 3 is 2.14 bits per heavy atom. The SMILES string of the molecule is CCC(C)C(N)CN(C)C(C)(C)CC. The molecule has 0 rings (SSSR count). The molecule has 2 heteroatoms. The summed E-state index contributed by atoms with van der Waals surface area (Å²) in [5, 5.41) is 0. The normalized spacial score (nSPS) is 17.1. The van der Waals surface area contributed by atoms with E-state index in [0.717, 1.165) is 13.0 Å². The van der Waals surface area contributed by atoms with Gasteiger partial charge in [-0.25, -0.2) is 0 Å². The van der Waals surface area contributed by atoms with Crippen LogP contribution in [-0.4, -0.2) is 30.1 Å². The second-order valence-corrected chi connectivity index (χ2v) is 5.10. The summed E-state index contributed by atoms with van der Waals surface area (Å²) in [4.78, 5) is 2.38. The van der Waals surface area contributed by atoms with Crippen molar-refractivity contribution < 1.29 is 0 Å². The third-order valence-corrected chi connectivity index (χ3v) is 3.76. The highest BCUT2D eigenvalue weighted by Gasteiger charge is 2.23. The van der Waals surface area contributed by atoms with Crippen LogP contribution in [0.5, 0.6) is 0 Å². The quantitative estimate of drug-likeness (QED) is 0.714. The maximum Gasteiger partial charge on any atom is 0.0193 e. The maximum atomic E-state index is 6.14. The predicted octanol–water partition coefficient (Wildman–Crippen LogP) is 2.48. The molecule has 14 heavy (non-hydrogen) atoms. The molecule has 0 aliphatic rings. The monoisotopic (exact) mass is 200 g/mol. The van der Waals surface area contributed by atoms with Crippen molar-refractivity contribution in [2.24, 2.45) is 11.7 Å². The Morgan fingerprint density at radius 2 is 1.79 bits per heavy atom. The fourth-order valence-electron chi connectivity index (χ4n) is 1.32. The molecule has 0 aromatic carbocycles. The van der Waals surface area contributed by atoms with Gasteiger partial charge in [-0.3, -0.25) is 4.90 Å². The molecular formula is C12H28N2. The zero-order valence-electron chi connectivity index (χ0n) is 10.8. The van der Waals surface area contributed by atoms with Crippen LogP contribution in [0.4, 0.5) is 0 Å². The minimum Gasteiger partial charge on any atom is -0.326 e. The van der Waals surface area contributed by atoms with E-state index in [1.807, 2.05) is 0 Å². The Morgan fingerprint density at radius 1 is 1.29 bits per heavy atom. The van der Waals surface area contributed by atoms with E-state index >= 15 is 0 Å². The van der Waals surface area contributed by atoms with E-state index in [0.29, 0.717) is 12.0 Å². The van der Waals surface area contributed by atoms with Crippen molar-refractivity contribution in [3.05, 3.63) is 0 Å². The molecule has 2 atom stereocenters. The summed E-state index contributed by atoms with van der Waals surface area (Å²) in [7, 11) is 2.17. The molecule has 0 aromatic heterocycles. The molecule has 0 amide bonds. The number of nitrogens with zero attached hydrogens (tertiary/aromatic N) is 1. The fraction of sp³-hybridized carbons (Fsp3) is 1.00. The van der Waals surface area contributed by atoms with Gasteiger partial charge in [-0.2, -0.15) is 0 Å². The molecule has 0 fully saturated rings. The molecule has 0 aliphatic carbocycles. The summed E-state index contributed by atoms with van der Waals surface area (Å²) >= 11 is 0. The summed E-state index contributed by atoms with van der Waals surface area (Å²) in [6.45, 7) is 12.2. The molecule has 0 bridgehead atoms. The van der Waals surface area contributed by atoms with Crippen LogP contribution in [0.1, 0.15) is 47.5 Å². The smallest absolute Gasteiger partial charge is 0.0193 e. The third-order valence-electron chi connectivity index (χ3n) is 3.76. The highest BCUT2D eigenvalue weighted by Crippen LogP contribution is 2.18. The predicted molar refractivity (Wildman–Crippen MR) is 64.4 cm³/mol. The molecule has 0 aliphatic heterocycles. The Kier molecular flexibility index (Phi) is 5.68. The molecule has 86 valence electrons. The number of rotatable bonds is 6. The zero-order chi connectivity index (χ0) is 11.4. The van der Waals surface area contributed by atoms with Gasteiger partial charge < -0.3 is 5.73 Å². The van der Waals surface area contributed by atoms with Crippen LogP contribution in [0, 0.1) is 5.92 Å². The Labute approximate surface area is 89.9 Å². The standard InChI is InChI=1S/C12H28N2/c1-7-10(3)11(13)9-14(6)12(4,5)8-2/h10-11H,7-9,13H2,1-6H3. The Bertz CT molecular complexity index is 154. The minimum absolute atomic E-state index is 0.269. The Balaban J connectivity index is 4.11. The van der Waals surface area contributed by atoms with E-state index in [9.17, 15) is 0 Å². The van der Waals surface area contributed by atoms with Crippen LogP contribution in [-0.2, 0) is 0 Å². The minimum atomic E-state index is 0.269. The molecular weight excluding hydrogens is 172 g/mol. The first-order valence-corrected chi connectivity index (χ1v) is 5.82. The van der Waals surface area contributed by atoms with Gasteiger partial charge in [0.15, 0.2) is 0 Å². The summed E-state index contributed by atoms with van der Waals surface area (Å²) < 4.78 is 0. The summed E-state index contributed by atoms with van der Waals surface area (Å²) in [5.41, 5.74) is 6.41. The van der Waals surface area contributed by atoms with Crippen molar-refractivity contribution >= 4 is 0 Å². The van der Waals surface area contributed by atoms with Crippen LogP contribution >= 0.6 is 0 Å². The molecule has 2 unspecified atom stereocenters. The van der Waals surface area contributed by atoms with Crippen LogP contribution in [0.2, 0.25) is 0 Å². The van der Waals surface area contributed by atoms with Gasteiger partial charge >= 0.3 is 0 Å². The van der Waals surface area contributed by atoms with Crippen LogP contribution in [0.15, 0.2) is 0 Å². The number of nitrogens with two attached hydrogens (primary N) is 1. The van der Waals surface area contributed by atoms with Gasteiger partial charge in [0.05, 0.1) is 0 Å². The molecule has 0 radical (unpaired) electrons. The molecule has 0 saturated carbocycles. The van der Waals surface area contributed by atoms with E-state index in [1.165, 1.54) is 6.42 Å². The lowest BCUT2D eigenvalue weighted by molar-refractivity contribution is 0.132. The lowest BCUT2D eigenvalue weighted by atomic mass is 9.95. The van der Waals surface area contributed by atoms with Gasteiger partial charge in [0.25, 0.3) is 0 Å². The number of hydrogen-bond donors (Lipinski definition) is 1. The van der Waals surface area contributed by atoms with Crippen molar-refractivity contribution in [1.29, 1.82) is 0 Å². The van der Waals surface area contributed by atoms with E-state index < -0.39 is 0 Å². The van der Waals surface area contributed by atoms with Crippen LogP contribution in [0.3, 0.4) is 0 Å². The number of likely N-dealkylation sites (N-methyl/N-ethyl adjacent to an activating group) is 1. The fourth-order valence-corrected chi connectivity index (χ4v) is 1.32. The van der Waals surface area contributed by atoms with Gasteiger partial charge in [-0.1, -0.05) is 27.2 Å². The third kappa shape index (κ3) is 3.97. The van der Waals surface area contributed by atoms with E-state index in [4.69, 9.17) is 5.73 Å². The van der Waals surface area contributed by atoms with Gasteiger partial charge in [-0.05, 0) is 33.2 Å². The molecule has 0 saturated heterocycles. The topological polar surface area (TPSA) is 29.3 Å². The van der Waals surface area contributed by atoms with Crippen LogP contribution in [0.25, 0.3) is 0 Å². The Hall–Kier alpha value is -0.0800. The largest absolute Gasteiger partial charge is 0.326 e. The molecule has 0 spiro atoms. The first-order chi connectivity index (χ1) is 6.35. The van der Waals surface area contributed by atoms with Crippen molar-refractivity contribution in [2.45, 2.75) is 59.0 Å². The summed E-state index contributed by atoms with van der Waals surface area (Å²) in [6.07, 6.45) is 2.33. The molecule has 2 nitrogen and oxygen atoms in total. The number of hydrogen-bond acceptors (Lipinski definition) is 2. The lowest BCUT2D eigenvalue weighted by Crippen LogP contribution is -2.48. The average Bonchev–Trinajstić information content (AvgIpc) is 2.16. The molecule has 0 aromatic rings. The summed E-state index contributed by atoms with van der Waals surface area (Å²) in [6, 6.07) is 0.302. The van der Waals surface area contributed by atoms with E-state index in [-0.39, 0.29) is 5.54 Å². The summed E-state index contributed by atoms with van der Waals surface area (Å²) in [5.74, 6) is 0.616. The zero-order valence-corrected chi connectivity index (χ0v) is 10.8. The van der Waals surface area contributed by atoms with Crippen molar-refractivity contribution in [1.82, 2.24) is 4.90 Å².